The Morgan fingerprint density at radius 1 is 0.464 bits per heavy atom. The topological polar surface area (TPSA) is 234 Å². The van der Waals surface area contributed by atoms with Crippen molar-refractivity contribution in [1.82, 2.24) is 29.3 Å². The number of halogens is 3. The molecule has 0 spiro atoms. The first kappa shape index (κ1) is 71.8. The lowest BCUT2D eigenvalue weighted by molar-refractivity contribution is -0.141. The van der Waals surface area contributed by atoms with Crippen molar-refractivity contribution in [3.63, 3.8) is 0 Å². The summed E-state index contributed by atoms with van der Waals surface area (Å²) in [6.07, 6.45) is 15.8. The number of allylic oxidation sites excluding steroid dienone is 1. The normalized spacial score (nSPS) is 11.5. The van der Waals surface area contributed by atoms with E-state index in [0.717, 1.165) is 112 Å². The van der Waals surface area contributed by atoms with E-state index in [-0.39, 0.29) is 61.7 Å². The Morgan fingerprint density at radius 2 is 0.866 bits per heavy atom. The first-order valence-electron chi connectivity index (χ1n) is 32.0. The summed E-state index contributed by atoms with van der Waals surface area (Å²) in [5, 5.41) is 15.9. The van der Waals surface area contributed by atoms with Crippen LogP contribution in [0.3, 0.4) is 0 Å². The number of aromatic nitrogens is 6. The number of Topliss-reactive ketones (excluding diaryl/α,β-unsaturated/α-hetero) is 4. The lowest BCUT2D eigenvalue weighted by atomic mass is 9.69. The van der Waals surface area contributed by atoms with Gasteiger partial charge in [0.25, 0.3) is 0 Å². The smallest absolute Gasteiger partial charge is 0.230 e. The van der Waals surface area contributed by atoms with Gasteiger partial charge in [0.1, 0.15) is 45.5 Å². The SMILES string of the molecule is Cc1cc(CC(Cc2cc(C)nn2C)(C(=O)CCc2ccc3occc3c2)C(=O)CCc2ccc3ccoc3c2)n(C)n1.Cc1cc(CCl)n(C)n1.NCc1ccc2occc2c1.O=C(CCc1ccc2c(c1)C=CC2)CC(=O)CCc1ccc2occc2c1.O=C(Cl)CC(=O)Cl. The zero-order chi connectivity index (χ0) is 69.2. The minimum absolute atomic E-state index is 0.0178. The highest BCUT2D eigenvalue weighted by atomic mass is 35.5. The molecule has 97 heavy (non-hydrogen) atoms. The molecule has 12 aromatic rings. The molecule has 7 heterocycles. The van der Waals surface area contributed by atoms with E-state index in [1.807, 2.05) is 151 Å². The van der Waals surface area contributed by atoms with Gasteiger partial charge < -0.3 is 23.4 Å². The van der Waals surface area contributed by atoms with Gasteiger partial charge in [0.2, 0.25) is 10.5 Å². The van der Waals surface area contributed by atoms with Crippen LogP contribution in [0.4, 0.5) is 0 Å². The van der Waals surface area contributed by atoms with Crippen LogP contribution in [0.1, 0.15) is 112 Å². The molecule has 20 heteroatoms. The Hall–Kier alpha value is -9.52. The number of benzene rings is 5. The van der Waals surface area contributed by atoms with Crippen molar-refractivity contribution in [3.05, 3.63) is 238 Å². The Labute approximate surface area is 577 Å². The fourth-order valence-electron chi connectivity index (χ4n) is 11.8. The zero-order valence-electron chi connectivity index (χ0n) is 55.2. The van der Waals surface area contributed by atoms with Crippen LogP contribution in [0.2, 0.25) is 0 Å². The summed E-state index contributed by atoms with van der Waals surface area (Å²) in [6.45, 7) is 6.39. The lowest BCUT2D eigenvalue weighted by Crippen LogP contribution is -2.44. The van der Waals surface area contributed by atoms with Crippen molar-refractivity contribution >= 4 is 118 Å². The summed E-state index contributed by atoms with van der Waals surface area (Å²) in [6, 6.07) is 43.9. The number of fused-ring (bicyclic) bond motifs is 5. The van der Waals surface area contributed by atoms with E-state index in [2.05, 4.69) is 51.7 Å². The minimum atomic E-state index is -1.28. The van der Waals surface area contributed by atoms with E-state index in [0.29, 0.717) is 50.9 Å². The van der Waals surface area contributed by atoms with Gasteiger partial charge in [-0.15, -0.1) is 11.6 Å². The van der Waals surface area contributed by atoms with Crippen LogP contribution in [0.15, 0.2) is 182 Å². The molecule has 0 radical (unpaired) electrons. The Morgan fingerprint density at radius 3 is 1.30 bits per heavy atom. The number of nitrogens with two attached hydrogens (primary N) is 1. The predicted molar refractivity (Wildman–Crippen MR) is 379 cm³/mol. The second kappa shape index (κ2) is 33.9. The maximum atomic E-state index is 14.6. The zero-order valence-corrected chi connectivity index (χ0v) is 57.5. The minimum Gasteiger partial charge on any atom is -0.464 e. The molecule has 13 rings (SSSR count). The third-order valence-corrected chi connectivity index (χ3v) is 17.5. The van der Waals surface area contributed by atoms with Crippen LogP contribution in [0.5, 0.6) is 0 Å². The molecular weight excluding hydrogens is 1290 g/mol. The number of ketones is 4. The summed E-state index contributed by atoms with van der Waals surface area (Å²) in [5.74, 6) is 0.451. The van der Waals surface area contributed by atoms with E-state index in [1.54, 1.807) is 39.1 Å². The second-order valence-corrected chi connectivity index (χ2v) is 25.4. The molecule has 0 aliphatic heterocycles. The number of carbonyl (C=O) groups is 6. The molecule has 0 saturated carbocycles. The summed E-state index contributed by atoms with van der Waals surface area (Å²) in [4.78, 5) is 72.9. The Bertz CT molecular complexity index is 4610. The molecular formula is C77H78Cl3N7O10. The van der Waals surface area contributed by atoms with Crippen LogP contribution < -0.4 is 5.73 Å². The molecule has 1 aliphatic rings. The number of furan rings is 4. The summed E-state index contributed by atoms with van der Waals surface area (Å²) < 4.78 is 27.0. The first-order chi connectivity index (χ1) is 46.6. The number of carbonyl (C=O) groups excluding carboxylic acids is 6. The van der Waals surface area contributed by atoms with E-state index in [4.69, 9.17) is 58.2 Å². The average Bonchev–Trinajstić information content (AvgIpc) is 1.75. The van der Waals surface area contributed by atoms with Gasteiger partial charge in [-0.3, -0.25) is 42.8 Å². The molecule has 1 aliphatic carbocycles. The number of hydrogen-bond donors (Lipinski definition) is 1. The third-order valence-electron chi connectivity index (χ3n) is 17.0. The van der Waals surface area contributed by atoms with Crippen molar-refractivity contribution in [1.29, 1.82) is 0 Å². The second-order valence-electron chi connectivity index (χ2n) is 24.3. The van der Waals surface area contributed by atoms with Crippen molar-refractivity contribution in [2.75, 3.05) is 0 Å². The van der Waals surface area contributed by atoms with Crippen LogP contribution >= 0.6 is 34.8 Å². The summed E-state index contributed by atoms with van der Waals surface area (Å²) >= 11 is 15.0. The lowest BCUT2D eigenvalue weighted by Gasteiger charge is -2.31. The first-order valence-corrected chi connectivity index (χ1v) is 33.3. The number of hydrogen-bond acceptors (Lipinski definition) is 14. The highest BCUT2D eigenvalue weighted by Crippen LogP contribution is 2.36. The van der Waals surface area contributed by atoms with Gasteiger partial charge in [-0.1, -0.05) is 60.7 Å². The molecule has 17 nitrogen and oxygen atoms in total. The van der Waals surface area contributed by atoms with Gasteiger partial charge in [0.15, 0.2) is 0 Å². The predicted octanol–water partition coefficient (Wildman–Crippen LogP) is 15.8. The quantitative estimate of drug-likeness (QED) is 0.0337. The standard InChI is InChI=1S/C35H36N4O4.C24H22O3.C9H9NO.C6H9ClN2.C3H2Cl2O2/c1-23-17-29(38(3)36-23)21-35(22-30-18-24(2)37-39(30)4,33(40)11-7-25-6-10-31-28(19-25)14-16-42-31)34(41)12-8-26-5-9-27-13-15-43-32(27)20-26;25-22(9-5-17-4-8-19-2-1-3-20(19)14-17)16-23(26)10-6-18-7-11-24-21(15-18)12-13-27-24;10-6-7-1-2-9-8(5-7)3-4-11-9;1-5-3-6(4-7)9(2)8-5;4-2(6)1-3(5)7/h5-6,9-10,13-20H,7-8,11-12,21-22H2,1-4H3;1,3-4,7-8,11-15H,2,5-6,9-10,16H2;1-5H,6,10H2;3H,4H2,1-2H3;1H2. The number of aryl methyl sites for hydroxylation is 10. The average molecular weight is 1370 g/mol. The highest BCUT2D eigenvalue weighted by Gasteiger charge is 2.46. The van der Waals surface area contributed by atoms with Crippen LogP contribution in [-0.4, -0.2) is 63.0 Å². The van der Waals surface area contributed by atoms with E-state index in [1.165, 1.54) is 11.1 Å². The van der Waals surface area contributed by atoms with Crippen LogP contribution in [0, 0.1) is 26.2 Å². The van der Waals surface area contributed by atoms with Gasteiger partial charge in [-0.05, 0) is 200 Å². The van der Waals surface area contributed by atoms with Crippen molar-refractivity contribution in [3.8, 4) is 0 Å². The van der Waals surface area contributed by atoms with Gasteiger partial charge >= 0.3 is 0 Å². The number of rotatable bonds is 24. The fourth-order valence-corrected chi connectivity index (χ4v) is 12.4. The molecule has 0 amide bonds. The van der Waals surface area contributed by atoms with Crippen molar-refractivity contribution in [2.45, 2.75) is 117 Å². The molecule has 0 saturated heterocycles. The Kier molecular flexibility index (Phi) is 25.1. The molecule has 0 unspecified atom stereocenters. The largest absolute Gasteiger partial charge is 0.464 e. The van der Waals surface area contributed by atoms with E-state index < -0.39 is 15.9 Å². The molecule has 502 valence electrons. The fraction of sp³-hybridized carbons (Fsp3) is 0.286. The highest BCUT2D eigenvalue weighted by molar-refractivity contribution is 6.72. The van der Waals surface area contributed by atoms with Gasteiger partial charge in [0.05, 0.1) is 72.0 Å². The number of nitrogens with zero attached hydrogens (tertiary/aromatic N) is 6. The summed E-state index contributed by atoms with van der Waals surface area (Å²) in [7, 11) is 5.63. The van der Waals surface area contributed by atoms with Gasteiger partial charge in [-0.2, -0.15) is 15.3 Å². The van der Waals surface area contributed by atoms with Gasteiger partial charge in [0, 0.05) is 99.1 Å². The van der Waals surface area contributed by atoms with Crippen molar-refractivity contribution < 1.29 is 46.4 Å². The van der Waals surface area contributed by atoms with Crippen molar-refractivity contribution in [2.24, 2.45) is 32.3 Å². The number of alkyl halides is 1. The molecule has 0 atom stereocenters. The maximum absolute atomic E-state index is 14.6. The molecule has 7 aromatic heterocycles. The van der Waals surface area contributed by atoms with Crippen LogP contribution in [-0.2, 0) is 107 Å². The summed E-state index contributed by atoms with van der Waals surface area (Å²) in [5.41, 5.74) is 21.1. The molecule has 2 N–H and O–H groups in total. The van der Waals surface area contributed by atoms with E-state index >= 15 is 0 Å². The monoisotopic (exact) mass is 1370 g/mol. The molecule has 0 bridgehead atoms. The Balaban J connectivity index is 0.000000171. The van der Waals surface area contributed by atoms with Gasteiger partial charge in [-0.25, -0.2) is 0 Å². The third kappa shape index (κ3) is 20.0. The maximum Gasteiger partial charge on any atom is 0.230 e. The molecule has 0 fully saturated rings. The molecule has 5 aromatic carbocycles. The van der Waals surface area contributed by atoms with E-state index in [9.17, 15) is 28.8 Å². The van der Waals surface area contributed by atoms with Crippen LogP contribution in [0.25, 0.3) is 50.0 Å².